The zero-order valence-electron chi connectivity index (χ0n) is 50.2. The quantitative estimate of drug-likeness (QED) is 0.0261. The van der Waals surface area contributed by atoms with E-state index in [-0.39, 0.29) is 38.0 Å². The smallest absolute Gasteiger partial charge is 0.306 e. The van der Waals surface area contributed by atoms with Gasteiger partial charge in [0.05, 0.1) is 0 Å². The van der Waals surface area contributed by atoms with Crippen LogP contribution in [0, 0.1) is 0 Å². The number of unbranched alkanes of at least 4 members (excludes halogenated alkanes) is 26. The Morgan fingerprint density at radius 3 is 0.805 bits per heavy atom. The first-order valence-electron chi connectivity index (χ1n) is 32.0. The lowest BCUT2D eigenvalue weighted by Gasteiger charge is -2.18. The first-order valence-corrected chi connectivity index (χ1v) is 32.0. The summed E-state index contributed by atoms with van der Waals surface area (Å²) in [6.07, 6.45) is 89.4. The molecule has 0 aliphatic carbocycles. The van der Waals surface area contributed by atoms with Crippen molar-refractivity contribution in [2.45, 2.75) is 297 Å². The third kappa shape index (κ3) is 62.5. The summed E-state index contributed by atoms with van der Waals surface area (Å²) in [5.74, 6) is -1.10. The van der Waals surface area contributed by atoms with E-state index in [1.54, 1.807) is 0 Å². The fourth-order valence-electron chi connectivity index (χ4n) is 8.64. The number of esters is 3. The summed E-state index contributed by atoms with van der Waals surface area (Å²) in [5.41, 5.74) is 0. The van der Waals surface area contributed by atoms with Gasteiger partial charge in [0, 0.05) is 19.3 Å². The molecule has 0 radical (unpaired) electrons. The van der Waals surface area contributed by atoms with E-state index in [9.17, 15) is 14.4 Å². The van der Waals surface area contributed by atoms with E-state index in [2.05, 4.69) is 124 Å². The molecule has 0 heterocycles. The summed E-state index contributed by atoms with van der Waals surface area (Å²) in [6, 6.07) is 0. The van der Waals surface area contributed by atoms with Crippen molar-refractivity contribution in [1.82, 2.24) is 0 Å². The molecule has 6 heteroatoms. The van der Waals surface area contributed by atoms with Gasteiger partial charge in [-0.15, -0.1) is 0 Å². The second kappa shape index (κ2) is 64.3. The van der Waals surface area contributed by atoms with Gasteiger partial charge in [-0.05, 0) is 96.3 Å². The standard InChI is InChI=1S/C71H118O6/c1-4-7-10-13-16-19-22-25-28-31-34-35-38-40-43-46-49-52-55-58-61-64-70(73)76-67-68(77-71(74)65-62-59-56-53-50-47-44-41-37-33-30-27-24-21-18-15-12-9-6-3)66-75-69(72)63-60-57-54-51-48-45-42-39-36-32-29-26-23-20-17-14-11-8-5-2/h17-18,20-21,26-27,29-30,36-37,39,41,45,47-48,50,54,56-57,59,68H,4-16,19,22-25,28,31-35,38,40,42-44,46,49,51-53,55,58,60-67H2,1-3H3/b20-17-,21-18-,29-26-,30-27-,39-36-,41-37-,48-45-,50-47-,57-54-,59-56-/t68-/m1/s1. The van der Waals surface area contributed by atoms with Crippen molar-refractivity contribution in [3.63, 3.8) is 0 Å². The molecule has 0 fully saturated rings. The molecule has 0 saturated heterocycles. The monoisotopic (exact) mass is 1070 g/mol. The largest absolute Gasteiger partial charge is 0.462 e. The molecule has 0 bridgehead atoms. The molecule has 0 unspecified atom stereocenters. The Labute approximate surface area is 475 Å². The van der Waals surface area contributed by atoms with Gasteiger partial charge in [0.25, 0.3) is 0 Å². The minimum Gasteiger partial charge on any atom is -0.462 e. The second-order valence-corrected chi connectivity index (χ2v) is 21.0. The topological polar surface area (TPSA) is 78.9 Å². The Hall–Kier alpha value is -4.19. The van der Waals surface area contributed by atoms with Gasteiger partial charge in [0.1, 0.15) is 13.2 Å². The third-order valence-corrected chi connectivity index (χ3v) is 13.5. The van der Waals surface area contributed by atoms with Crippen LogP contribution in [0.15, 0.2) is 122 Å². The zero-order valence-corrected chi connectivity index (χ0v) is 50.2. The van der Waals surface area contributed by atoms with Crippen molar-refractivity contribution in [3.8, 4) is 0 Å². The number of allylic oxidation sites excluding steroid dienone is 20. The summed E-state index contributed by atoms with van der Waals surface area (Å²) in [5, 5.41) is 0. The van der Waals surface area contributed by atoms with Crippen LogP contribution in [0.1, 0.15) is 290 Å². The summed E-state index contributed by atoms with van der Waals surface area (Å²) >= 11 is 0. The molecule has 1 atom stereocenters. The van der Waals surface area contributed by atoms with Gasteiger partial charge < -0.3 is 14.2 Å². The Kier molecular flexibility index (Phi) is 60.8. The highest BCUT2D eigenvalue weighted by molar-refractivity contribution is 5.71. The first kappa shape index (κ1) is 72.8. The SMILES string of the molecule is CCCCC/C=C\C/C=C\C/C=C\C/C=C\C/C=C\CCC(=O)OC[C@H](COC(=O)CCCCCCCCCCCCCCCCCCCCCCC)OC(=O)CC/C=C\C/C=C\C/C=C\C/C=C\C/C=C\CCCCC. The van der Waals surface area contributed by atoms with Crippen LogP contribution in [0.2, 0.25) is 0 Å². The van der Waals surface area contributed by atoms with Crippen LogP contribution in [-0.4, -0.2) is 37.2 Å². The number of rotatable bonds is 57. The summed E-state index contributed by atoms with van der Waals surface area (Å²) in [4.78, 5) is 38.3. The molecule has 0 rings (SSSR count). The van der Waals surface area contributed by atoms with Crippen LogP contribution >= 0.6 is 0 Å². The van der Waals surface area contributed by atoms with E-state index in [0.29, 0.717) is 19.3 Å². The minimum absolute atomic E-state index is 0.131. The predicted molar refractivity (Wildman–Crippen MR) is 334 cm³/mol. The number of ether oxygens (including phenoxy) is 3. The molecule has 0 aromatic rings. The van der Waals surface area contributed by atoms with Crippen LogP contribution in [0.3, 0.4) is 0 Å². The lowest BCUT2D eigenvalue weighted by molar-refractivity contribution is -0.166. The van der Waals surface area contributed by atoms with Gasteiger partial charge in [-0.3, -0.25) is 14.4 Å². The van der Waals surface area contributed by atoms with Gasteiger partial charge in [0.15, 0.2) is 6.10 Å². The number of hydrogen-bond donors (Lipinski definition) is 0. The Morgan fingerprint density at radius 1 is 0.260 bits per heavy atom. The lowest BCUT2D eigenvalue weighted by atomic mass is 10.0. The highest BCUT2D eigenvalue weighted by Crippen LogP contribution is 2.16. The average Bonchev–Trinajstić information content (AvgIpc) is 3.43. The van der Waals surface area contributed by atoms with Crippen molar-refractivity contribution in [3.05, 3.63) is 122 Å². The lowest BCUT2D eigenvalue weighted by Crippen LogP contribution is -2.30. The molecule has 438 valence electrons. The van der Waals surface area contributed by atoms with Gasteiger partial charge in [-0.25, -0.2) is 0 Å². The molecule has 0 aromatic heterocycles. The van der Waals surface area contributed by atoms with Crippen LogP contribution in [0.5, 0.6) is 0 Å². The summed E-state index contributed by atoms with van der Waals surface area (Å²) in [7, 11) is 0. The zero-order chi connectivity index (χ0) is 55.7. The first-order chi connectivity index (χ1) is 38.0. The molecule has 6 nitrogen and oxygen atoms in total. The van der Waals surface area contributed by atoms with Gasteiger partial charge >= 0.3 is 17.9 Å². The van der Waals surface area contributed by atoms with Crippen LogP contribution in [0.4, 0.5) is 0 Å². The average molecular weight is 1070 g/mol. The molecular formula is C71H118O6. The highest BCUT2D eigenvalue weighted by atomic mass is 16.6. The van der Waals surface area contributed by atoms with Gasteiger partial charge in [0.2, 0.25) is 0 Å². The molecule has 0 aromatic carbocycles. The molecule has 0 spiro atoms. The number of carbonyl (C=O) groups is 3. The maximum Gasteiger partial charge on any atom is 0.306 e. The van der Waals surface area contributed by atoms with E-state index in [1.807, 2.05) is 18.2 Å². The van der Waals surface area contributed by atoms with E-state index in [1.165, 1.54) is 167 Å². The normalized spacial score (nSPS) is 12.9. The molecular weight excluding hydrogens is 949 g/mol. The van der Waals surface area contributed by atoms with Crippen molar-refractivity contribution in [2.24, 2.45) is 0 Å². The number of hydrogen-bond acceptors (Lipinski definition) is 6. The fraction of sp³-hybridized carbons (Fsp3) is 0.676. The van der Waals surface area contributed by atoms with Gasteiger partial charge in [-0.1, -0.05) is 296 Å². The van der Waals surface area contributed by atoms with E-state index in [4.69, 9.17) is 14.2 Å². The van der Waals surface area contributed by atoms with Crippen LogP contribution < -0.4 is 0 Å². The Bertz CT molecular complexity index is 1600. The van der Waals surface area contributed by atoms with Crippen molar-refractivity contribution in [2.75, 3.05) is 13.2 Å². The maximum atomic E-state index is 12.9. The minimum atomic E-state index is -0.851. The number of carbonyl (C=O) groups excluding carboxylic acids is 3. The van der Waals surface area contributed by atoms with Gasteiger partial charge in [-0.2, -0.15) is 0 Å². The summed E-state index contributed by atoms with van der Waals surface area (Å²) < 4.78 is 16.8. The van der Waals surface area contributed by atoms with E-state index in [0.717, 1.165) is 70.6 Å². The van der Waals surface area contributed by atoms with Crippen molar-refractivity contribution in [1.29, 1.82) is 0 Å². The molecule has 77 heavy (non-hydrogen) atoms. The predicted octanol–water partition coefficient (Wildman–Crippen LogP) is 22.0. The van der Waals surface area contributed by atoms with Crippen molar-refractivity contribution >= 4 is 17.9 Å². The van der Waals surface area contributed by atoms with E-state index >= 15 is 0 Å². The molecule has 0 N–H and O–H groups in total. The second-order valence-electron chi connectivity index (χ2n) is 21.0. The van der Waals surface area contributed by atoms with Crippen LogP contribution in [0.25, 0.3) is 0 Å². The van der Waals surface area contributed by atoms with E-state index < -0.39 is 12.1 Å². The maximum absolute atomic E-state index is 12.9. The third-order valence-electron chi connectivity index (χ3n) is 13.5. The summed E-state index contributed by atoms with van der Waals surface area (Å²) in [6.45, 7) is 6.48. The molecule has 0 aliphatic rings. The Morgan fingerprint density at radius 2 is 0.494 bits per heavy atom. The molecule has 0 amide bonds. The van der Waals surface area contributed by atoms with Crippen molar-refractivity contribution < 1.29 is 28.6 Å². The highest BCUT2D eigenvalue weighted by Gasteiger charge is 2.19. The molecule has 0 aliphatic heterocycles. The fourth-order valence-corrected chi connectivity index (χ4v) is 8.64. The van der Waals surface area contributed by atoms with Crippen LogP contribution in [-0.2, 0) is 28.6 Å². The molecule has 0 saturated carbocycles. The Balaban J connectivity index is 4.56.